The topological polar surface area (TPSA) is 41.3 Å². The molecule has 0 aliphatic heterocycles. The molecule has 0 aromatic heterocycles. The van der Waals surface area contributed by atoms with Crippen LogP contribution in [0.5, 0.6) is 0 Å². The Labute approximate surface area is 103 Å². The van der Waals surface area contributed by atoms with Crippen LogP contribution in [0.25, 0.3) is 0 Å². The van der Waals surface area contributed by atoms with E-state index in [-0.39, 0.29) is 5.82 Å². The molecule has 17 heavy (non-hydrogen) atoms. The summed E-state index contributed by atoms with van der Waals surface area (Å²) in [6, 6.07) is 4.39. The van der Waals surface area contributed by atoms with E-state index in [1.807, 2.05) is 0 Å². The van der Waals surface area contributed by atoms with Crippen LogP contribution in [-0.2, 0) is 0 Å². The van der Waals surface area contributed by atoms with E-state index < -0.39 is 0 Å². The summed E-state index contributed by atoms with van der Waals surface area (Å²) in [4.78, 5) is 2.35. The first kappa shape index (κ1) is 13.8. The van der Waals surface area contributed by atoms with Gasteiger partial charge in [-0.25, -0.2) is 4.39 Å². The fourth-order valence-electron chi connectivity index (χ4n) is 1.77. The van der Waals surface area contributed by atoms with Crippen molar-refractivity contribution in [2.45, 2.75) is 20.3 Å². The second-order valence-electron chi connectivity index (χ2n) is 4.09. The second kappa shape index (κ2) is 7.12. The van der Waals surface area contributed by atoms with Crippen molar-refractivity contribution in [3.63, 3.8) is 0 Å². The Hall–Kier alpha value is -1.29. The predicted molar refractivity (Wildman–Crippen MR) is 71.7 cm³/mol. The van der Waals surface area contributed by atoms with Crippen LogP contribution in [0.4, 0.5) is 15.8 Å². The van der Waals surface area contributed by atoms with Crippen molar-refractivity contribution in [1.29, 1.82) is 0 Å². The van der Waals surface area contributed by atoms with Crippen LogP contribution in [0, 0.1) is 5.82 Å². The van der Waals surface area contributed by atoms with Gasteiger partial charge in [0.2, 0.25) is 0 Å². The van der Waals surface area contributed by atoms with Gasteiger partial charge in [0, 0.05) is 13.1 Å². The molecular weight excluding hydrogens is 217 g/mol. The number of hydrogen-bond donors (Lipinski definition) is 2. The van der Waals surface area contributed by atoms with Gasteiger partial charge in [-0.1, -0.05) is 13.8 Å². The highest BCUT2D eigenvalue weighted by Gasteiger charge is 2.03. The number of nitrogens with one attached hydrogen (secondary N) is 1. The summed E-state index contributed by atoms with van der Waals surface area (Å²) in [5.74, 6) is -0.261. The molecule has 0 atom stereocenters. The Morgan fingerprint density at radius 3 is 2.71 bits per heavy atom. The molecule has 0 amide bonds. The van der Waals surface area contributed by atoms with Gasteiger partial charge in [-0.2, -0.15) is 0 Å². The van der Waals surface area contributed by atoms with Gasteiger partial charge in [-0.15, -0.1) is 0 Å². The van der Waals surface area contributed by atoms with Crippen LogP contribution in [0.1, 0.15) is 20.3 Å². The van der Waals surface area contributed by atoms with Crippen molar-refractivity contribution in [1.82, 2.24) is 4.90 Å². The molecule has 0 spiro atoms. The second-order valence-corrected chi connectivity index (χ2v) is 4.09. The molecule has 96 valence electrons. The molecule has 0 aliphatic rings. The highest BCUT2D eigenvalue weighted by atomic mass is 19.1. The van der Waals surface area contributed by atoms with Crippen molar-refractivity contribution in [2.24, 2.45) is 0 Å². The standard InChI is InChI=1S/C13H22FN3/c1-3-8-17(4-2)9-7-16-13-10-11(14)5-6-12(13)15/h5-6,10,16H,3-4,7-9,15H2,1-2H3. The molecule has 0 saturated carbocycles. The summed E-state index contributed by atoms with van der Waals surface area (Å²) >= 11 is 0. The van der Waals surface area contributed by atoms with E-state index in [1.54, 1.807) is 6.07 Å². The maximum absolute atomic E-state index is 13.0. The van der Waals surface area contributed by atoms with Gasteiger partial charge < -0.3 is 16.0 Å². The molecule has 3 nitrogen and oxygen atoms in total. The van der Waals surface area contributed by atoms with E-state index in [4.69, 9.17) is 5.73 Å². The lowest BCUT2D eigenvalue weighted by molar-refractivity contribution is 0.300. The minimum atomic E-state index is -0.261. The lowest BCUT2D eigenvalue weighted by atomic mass is 10.2. The van der Waals surface area contributed by atoms with Gasteiger partial charge in [-0.05, 0) is 37.7 Å². The van der Waals surface area contributed by atoms with Crippen LogP contribution < -0.4 is 11.1 Å². The Morgan fingerprint density at radius 2 is 2.06 bits per heavy atom. The number of nitrogens with two attached hydrogens (primary N) is 1. The SMILES string of the molecule is CCCN(CC)CCNc1cc(F)ccc1N. The zero-order valence-electron chi connectivity index (χ0n) is 10.7. The quantitative estimate of drug-likeness (QED) is 0.718. The number of nitrogens with zero attached hydrogens (tertiary/aromatic N) is 1. The summed E-state index contributed by atoms with van der Waals surface area (Å²) in [5, 5.41) is 3.17. The number of hydrogen-bond acceptors (Lipinski definition) is 3. The summed E-state index contributed by atoms with van der Waals surface area (Å²) in [5.41, 5.74) is 7.02. The van der Waals surface area contributed by atoms with Crippen LogP contribution in [0.15, 0.2) is 18.2 Å². The summed E-state index contributed by atoms with van der Waals surface area (Å²) in [7, 11) is 0. The molecule has 1 rings (SSSR count). The van der Waals surface area contributed by atoms with Gasteiger partial charge in [0.05, 0.1) is 11.4 Å². The van der Waals surface area contributed by atoms with E-state index in [9.17, 15) is 4.39 Å². The summed E-state index contributed by atoms with van der Waals surface area (Å²) in [6.07, 6.45) is 1.15. The first-order valence-corrected chi connectivity index (χ1v) is 6.18. The Bertz CT molecular complexity index is 341. The zero-order valence-corrected chi connectivity index (χ0v) is 10.7. The van der Waals surface area contributed by atoms with Gasteiger partial charge in [-0.3, -0.25) is 0 Å². The van der Waals surface area contributed by atoms with Gasteiger partial charge >= 0.3 is 0 Å². The lowest BCUT2D eigenvalue weighted by Gasteiger charge is -2.20. The fourth-order valence-corrected chi connectivity index (χ4v) is 1.77. The number of likely N-dealkylation sites (N-methyl/N-ethyl adjacent to an activating group) is 1. The van der Waals surface area contributed by atoms with Crippen molar-refractivity contribution in [3.05, 3.63) is 24.0 Å². The van der Waals surface area contributed by atoms with E-state index in [1.165, 1.54) is 12.1 Å². The molecule has 0 heterocycles. The smallest absolute Gasteiger partial charge is 0.125 e. The Morgan fingerprint density at radius 1 is 1.29 bits per heavy atom. The molecular formula is C13H22FN3. The molecule has 0 fully saturated rings. The third-order valence-electron chi connectivity index (χ3n) is 2.75. The molecule has 1 aromatic rings. The van der Waals surface area contributed by atoms with Gasteiger partial charge in [0.1, 0.15) is 5.82 Å². The number of nitrogen functional groups attached to an aromatic ring is 1. The third-order valence-corrected chi connectivity index (χ3v) is 2.75. The molecule has 1 aromatic carbocycles. The minimum Gasteiger partial charge on any atom is -0.397 e. The van der Waals surface area contributed by atoms with E-state index in [0.29, 0.717) is 11.4 Å². The highest BCUT2D eigenvalue weighted by molar-refractivity contribution is 5.65. The number of benzene rings is 1. The number of rotatable bonds is 7. The Kier molecular flexibility index (Phi) is 5.77. The molecule has 4 heteroatoms. The maximum atomic E-state index is 13.0. The van der Waals surface area contributed by atoms with Crippen LogP contribution >= 0.6 is 0 Å². The molecule has 0 unspecified atom stereocenters. The number of halogens is 1. The zero-order chi connectivity index (χ0) is 12.7. The third kappa shape index (κ3) is 4.61. The summed E-state index contributed by atoms with van der Waals surface area (Å²) in [6.45, 7) is 8.17. The van der Waals surface area contributed by atoms with Gasteiger partial charge in [0.15, 0.2) is 0 Å². The fraction of sp³-hybridized carbons (Fsp3) is 0.538. The predicted octanol–water partition coefficient (Wildman–Crippen LogP) is 2.55. The van der Waals surface area contributed by atoms with Crippen molar-refractivity contribution in [2.75, 3.05) is 37.2 Å². The van der Waals surface area contributed by atoms with E-state index in [2.05, 4.69) is 24.1 Å². The van der Waals surface area contributed by atoms with E-state index >= 15 is 0 Å². The molecule has 3 N–H and O–H groups in total. The Balaban J connectivity index is 2.42. The van der Waals surface area contributed by atoms with Crippen LogP contribution in [-0.4, -0.2) is 31.1 Å². The van der Waals surface area contributed by atoms with Crippen molar-refractivity contribution in [3.8, 4) is 0 Å². The first-order valence-electron chi connectivity index (χ1n) is 6.18. The van der Waals surface area contributed by atoms with Crippen molar-refractivity contribution < 1.29 is 4.39 Å². The number of anilines is 2. The maximum Gasteiger partial charge on any atom is 0.125 e. The monoisotopic (exact) mass is 239 g/mol. The van der Waals surface area contributed by atoms with Crippen molar-refractivity contribution >= 4 is 11.4 Å². The first-order chi connectivity index (χ1) is 8.17. The summed E-state index contributed by atoms with van der Waals surface area (Å²) < 4.78 is 13.0. The molecule has 0 saturated heterocycles. The van der Waals surface area contributed by atoms with Crippen LogP contribution in [0.3, 0.4) is 0 Å². The lowest BCUT2D eigenvalue weighted by Crippen LogP contribution is -2.29. The van der Waals surface area contributed by atoms with E-state index in [0.717, 1.165) is 32.6 Å². The molecule has 0 bridgehead atoms. The van der Waals surface area contributed by atoms with Crippen LogP contribution in [0.2, 0.25) is 0 Å². The largest absolute Gasteiger partial charge is 0.397 e. The molecule has 0 radical (unpaired) electrons. The average Bonchev–Trinajstić information content (AvgIpc) is 2.32. The minimum absolute atomic E-state index is 0.261. The highest BCUT2D eigenvalue weighted by Crippen LogP contribution is 2.18. The van der Waals surface area contributed by atoms with Gasteiger partial charge in [0.25, 0.3) is 0 Å². The normalized spacial score (nSPS) is 10.8. The molecule has 0 aliphatic carbocycles. The average molecular weight is 239 g/mol.